The summed E-state index contributed by atoms with van der Waals surface area (Å²) in [5.74, 6) is 0.400. The Kier molecular flexibility index (Phi) is 15.6. The van der Waals surface area contributed by atoms with Gasteiger partial charge in [-0.25, -0.2) is 13.4 Å². The first-order valence-corrected chi connectivity index (χ1v) is 14.6. The molecule has 0 aliphatic rings. The van der Waals surface area contributed by atoms with Crippen molar-refractivity contribution < 1.29 is 18.3 Å². The Labute approximate surface area is 215 Å². The van der Waals surface area contributed by atoms with E-state index >= 15 is 0 Å². The molecule has 1 aromatic heterocycles. The number of aromatic nitrogens is 1. The summed E-state index contributed by atoms with van der Waals surface area (Å²) >= 11 is 7.29. The summed E-state index contributed by atoms with van der Waals surface area (Å²) < 4.78 is 33.8. The molecular formula is C24H42ClN3O4S2. The van der Waals surface area contributed by atoms with Gasteiger partial charge in [-0.1, -0.05) is 53.1 Å². The van der Waals surface area contributed by atoms with Crippen LogP contribution in [0, 0.1) is 0 Å². The van der Waals surface area contributed by atoms with E-state index in [-0.39, 0.29) is 15.0 Å². The van der Waals surface area contributed by atoms with Crippen molar-refractivity contribution in [2.24, 2.45) is 0 Å². The van der Waals surface area contributed by atoms with E-state index in [0.29, 0.717) is 37.3 Å². The molecule has 0 saturated heterocycles. The summed E-state index contributed by atoms with van der Waals surface area (Å²) in [7, 11) is 0.0728. The minimum Gasteiger partial charge on any atom is -0.493 e. The van der Waals surface area contributed by atoms with Crippen molar-refractivity contribution in [1.29, 1.82) is 0 Å². The van der Waals surface area contributed by atoms with Crippen molar-refractivity contribution >= 4 is 38.1 Å². The molecule has 0 fully saturated rings. The second kappa shape index (κ2) is 16.3. The van der Waals surface area contributed by atoms with Gasteiger partial charge < -0.3 is 14.7 Å². The molecule has 0 spiro atoms. The zero-order chi connectivity index (χ0) is 26.4. The van der Waals surface area contributed by atoms with Gasteiger partial charge in [0.2, 0.25) is 0 Å². The number of rotatable bonds is 12. The molecule has 0 bridgehead atoms. The molecule has 10 heteroatoms. The average Bonchev–Trinajstić information content (AvgIpc) is 3.24. The fraction of sp³-hybridized carbons (Fsp3) is 0.625. The number of benzene rings is 1. The van der Waals surface area contributed by atoms with Crippen molar-refractivity contribution in [2.45, 2.75) is 77.7 Å². The molecule has 0 aliphatic carbocycles. The standard InChI is InChI=1S/C20H30ClN3O4S2.2C2H6/c1-5-20(25,6-2)13-16-14-29-19(22-16)23-30(26,27)18-11-15(21)10-17(12-18)28-9-7-8-24(3)4;2*1-2/h10-12,14,25H,5-9,13H2,1-4H3,(H,22,23);2*1-2H3. The van der Waals surface area contributed by atoms with Crippen LogP contribution >= 0.6 is 22.9 Å². The lowest BCUT2D eigenvalue weighted by atomic mass is 9.92. The summed E-state index contributed by atoms with van der Waals surface area (Å²) in [5, 5.41) is 12.8. The Morgan fingerprint density at radius 3 is 2.32 bits per heavy atom. The number of thiazole rings is 1. The van der Waals surface area contributed by atoms with Gasteiger partial charge in [-0.2, -0.15) is 0 Å². The minimum atomic E-state index is -3.88. The van der Waals surface area contributed by atoms with E-state index in [1.165, 1.54) is 23.5 Å². The van der Waals surface area contributed by atoms with E-state index in [1.807, 2.05) is 60.5 Å². The lowest BCUT2D eigenvalue weighted by Crippen LogP contribution is -2.29. The van der Waals surface area contributed by atoms with Gasteiger partial charge in [-0.15, -0.1) is 11.3 Å². The van der Waals surface area contributed by atoms with Gasteiger partial charge in [0.05, 0.1) is 22.8 Å². The molecule has 34 heavy (non-hydrogen) atoms. The first-order chi connectivity index (χ1) is 16.1. The smallest absolute Gasteiger partial charge is 0.263 e. The van der Waals surface area contributed by atoms with Crippen molar-refractivity contribution in [1.82, 2.24) is 9.88 Å². The Balaban J connectivity index is 0.00000258. The highest BCUT2D eigenvalue weighted by atomic mass is 35.5. The highest BCUT2D eigenvalue weighted by Gasteiger charge is 2.25. The Hall–Kier alpha value is -1.39. The monoisotopic (exact) mass is 535 g/mol. The number of sulfonamides is 1. The van der Waals surface area contributed by atoms with Gasteiger partial charge >= 0.3 is 0 Å². The summed E-state index contributed by atoms with van der Waals surface area (Å²) in [6.07, 6.45) is 2.38. The van der Waals surface area contributed by atoms with Crippen LogP contribution in [0.4, 0.5) is 5.13 Å². The van der Waals surface area contributed by atoms with Crippen LogP contribution in [0.1, 0.15) is 66.5 Å². The summed E-state index contributed by atoms with van der Waals surface area (Å²) in [6.45, 7) is 13.2. The maximum atomic E-state index is 12.8. The first kappa shape index (κ1) is 32.6. The fourth-order valence-corrected chi connectivity index (χ4v) is 5.10. The maximum Gasteiger partial charge on any atom is 0.263 e. The Bertz CT molecular complexity index is 930. The largest absolute Gasteiger partial charge is 0.493 e. The molecule has 0 atom stereocenters. The molecule has 0 unspecified atom stereocenters. The van der Waals surface area contributed by atoms with Crippen molar-refractivity contribution in [3.63, 3.8) is 0 Å². The quantitative estimate of drug-likeness (QED) is 0.320. The number of aliphatic hydroxyl groups is 1. The number of ether oxygens (including phenoxy) is 1. The summed E-state index contributed by atoms with van der Waals surface area (Å²) in [5.41, 5.74) is -0.185. The van der Waals surface area contributed by atoms with Gasteiger partial charge in [0.25, 0.3) is 10.0 Å². The van der Waals surface area contributed by atoms with Gasteiger partial charge in [-0.3, -0.25) is 4.72 Å². The molecule has 7 nitrogen and oxygen atoms in total. The van der Waals surface area contributed by atoms with Crippen LogP contribution in [0.2, 0.25) is 5.02 Å². The molecule has 0 saturated carbocycles. The van der Waals surface area contributed by atoms with E-state index < -0.39 is 15.6 Å². The van der Waals surface area contributed by atoms with Gasteiger partial charge in [-0.05, 0) is 45.5 Å². The fourth-order valence-electron chi connectivity index (χ4n) is 2.79. The zero-order valence-electron chi connectivity index (χ0n) is 21.8. The molecule has 1 heterocycles. The SMILES string of the molecule is CC.CC.CCC(O)(CC)Cc1csc(NS(=O)(=O)c2cc(Cl)cc(OCCCN(C)C)c2)n1. The van der Waals surface area contributed by atoms with Crippen LogP contribution in [0.25, 0.3) is 0 Å². The van der Waals surface area contributed by atoms with Gasteiger partial charge in [0, 0.05) is 29.4 Å². The van der Waals surface area contributed by atoms with Crippen molar-refractivity contribution in [3.8, 4) is 5.75 Å². The van der Waals surface area contributed by atoms with Gasteiger partial charge in [0.15, 0.2) is 5.13 Å². The van der Waals surface area contributed by atoms with Crippen LogP contribution in [0.5, 0.6) is 5.75 Å². The topological polar surface area (TPSA) is 91.8 Å². The third-order valence-electron chi connectivity index (χ3n) is 4.77. The van der Waals surface area contributed by atoms with Crippen LogP contribution in [0.3, 0.4) is 0 Å². The van der Waals surface area contributed by atoms with E-state index in [2.05, 4.69) is 9.71 Å². The molecule has 196 valence electrons. The highest BCUT2D eigenvalue weighted by Crippen LogP contribution is 2.28. The predicted octanol–water partition coefficient (Wildman–Crippen LogP) is 6.07. The number of nitrogens with one attached hydrogen (secondary N) is 1. The van der Waals surface area contributed by atoms with Crippen LogP contribution < -0.4 is 9.46 Å². The van der Waals surface area contributed by atoms with Crippen molar-refractivity contribution in [3.05, 3.63) is 34.3 Å². The van der Waals surface area contributed by atoms with Crippen molar-refractivity contribution in [2.75, 3.05) is 32.0 Å². The minimum absolute atomic E-state index is 0.00739. The second-order valence-corrected chi connectivity index (χ2v) is 10.5. The molecule has 2 aromatic rings. The van der Waals surface area contributed by atoms with E-state index in [9.17, 15) is 13.5 Å². The Morgan fingerprint density at radius 2 is 1.76 bits per heavy atom. The third-order valence-corrected chi connectivity index (χ3v) is 7.25. The number of halogens is 1. The molecule has 1 aromatic carbocycles. The molecule has 0 radical (unpaired) electrons. The number of hydrogen-bond acceptors (Lipinski definition) is 7. The van der Waals surface area contributed by atoms with Crippen LogP contribution in [-0.2, 0) is 16.4 Å². The predicted molar refractivity (Wildman–Crippen MR) is 145 cm³/mol. The van der Waals surface area contributed by atoms with Gasteiger partial charge in [0.1, 0.15) is 5.75 Å². The average molecular weight is 536 g/mol. The van der Waals surface area contributed by atoms with Crippen LogP contribution in [0.15, 0.2) is 28.5 Å². The lowest BCUT2D eigenvalue weighted by Gasteiger charge is -2.23. The van der Waals surface area contributed by atoms with E-state index in [1.54, 1.807) is 11.4 Å². The maximum absolute atomic E-state index is 12.8. The van der Waals surface area contributed by atoms with E-state index in [4.69, 9.17) is 16.3 Å². The molecular weight excluding hydrogens is 494 g/mol. The number of nitrogens with zero attached hydrogens (tertiary/aromatic N) is 2. The number of hydrogen-bond donors (Lipinski definition) is 2. The lowest BCUT2D eigenvalue weighted by molar-refractivity contribution is 0.0319. The second-order valence-electron chi connectivity index (χ2n) is 7.49. The zero-order valence-corrected chi connectivity index (χ0v) is 24.2. The third kappa shape index (κ3) is 11.4. The molecule has 0 aliphatic heterocycles. The normalized spacial score (nSPS) is 11.3. The highest BCUT2D eigenvalue weighted by molar-refractivity contribution is 7.93. The van der Waals surface area contributed by atoms with Crippen LogP contribution in [-0.4, -0.2) is 56.3 Å². The summed E-state index contributed by atoms with van der Waals surface area (Å²) in [4.78, 5) is 6.38. The molecule has 0 amide bonds. The number of anilines is 1. The van der Waals surface area contributed by atoms with E-state index in [0.717, 1.165) is 13.0 Å². The Morgan fingerprint density at radius 1 is 1.15 bits per heavy atom. The first-order valence-electron chi connectivity index (χ1n) is 11.8. The summed E-state index contributed by atoms with van der Waals surface area (Å²) in [6, 6.07) is 4.41. The molecule has 2 rings (SSSR count). The molecule has 2 N–H and O–H groups in total.